The Kier molecular flexibility index (Phi) is 4.60. The van der Waals surface area contributed by atoms with E-state index in [0.29, 0.717) is 11.5 Å². The summed E-state index contributed by atoms with van der Waals surface area (Å²) in [6, 6.07) is 6.84. The van der Waals surface area contributed by atoms with Gasteiger partial charge in [0.25, 0.3) is 5.56 Å². The number of rotatable bonds is 4. The highest BCUT2D eigenvalue weighted by Gasteiger charge is 2.25. The Morgan fingerprint density at radius 1 is 1.35 bits per heavy atom. The highest BCUT2D eigenvalue weighted by Crippen LogP contribution is 2.20. The monoisotopic (exact) mass is 315 g/mol. The standard InChI is InChI=1S/C17H21N3O3/c1-2-13-6-3-4-10-19(13)17(22)12-20-16(21)9-8-14(18-20)15-7-5-11-23-15/h5,7-9,11,13H,2-4,6,10,12H2,1H3. The molecule has 1 atom stereocenters. The molecule has 0 bridgehead atoms. The third-order valence-corrected chi connectivity index (χ3v) is 4.34. The lowest BCUT2D eigenvalue weighted by Crippen LogP contribution is -2.46. The highest BCUT2D eigenvalue weighted by atomic mass is 16.3. The van der Waals surface area contributed by atoms with Gasteiger partial charge in [-0.2, -0.15) is 5.10 Å². The lowest BCUT2D eigenvalue weighted by Gasteiger charge is -2.35. The number of hydrogen-bond acceptors (Lipinski definition) is 4. The molecule has 3 heterocycles. The number of amides is 1. The summed E-state index contributed by atoms with van der Waals surface area (Å²) >= 11 is 0. The van der Waals surface area contributed by atoms with E-state index in [2.05, 4.69) is 12.0 Å². The van der Waals surface area contributed by atoms with Gasteiger partial charge in [-0.3, -0.25) is 9.59 Å². The van der Waals surface area contributed by atoms with Crippen LogP contribution in [0.15, 0.2) is 39.7 Å². The molecule has 2 aromatic rings. The van der Waals surface area contributed by atoms with Crippen LogP contribution in [0.2, 0.25) is 0 Å². The van der Waals surface area contributed by atoms with Crippen molar-refractivity contribution in [1.29, 1.82) is 0 Å². The fourth-order valence-corrected chi connectivity index (χ4v) is 3.09. The van der Waals surface area contributed by atoms with Crippen molar-refractivity contribution in [2.75, 3.05) is 6.54 Å². The second-order valence-corrected chi connectivity index (χ2v) is 5.84. The van der Waals surface area contributed by atoms with E-state index in [1.54, 1.807) is 24.5 Å². The zero-order chi connectivity index (χ0) is 16.2. The molecule has 23 heavy (non-hydrogen) atoms. The number of aromatic nitrogens is 2. The molecular formula is C17H21N3O3. The van der Waals surface area contributed by atoms with Gasteiger partial charge in [-0.25, -0.2) is 4.68 Å². The van der Waals surface area contributed by atoms with E-state index in [1.165, 1.54) is 10.7 Å². The second kappa shape index (κ2) is 6.81. The van der Waals surface area contributed by atoms with Gasteiger partial charge < -0.3 is 9.32 Å². The molecule has 1 unspecified atom stereocenters. The molecule has 2 aromatic heterocycles. The van der Waals surface area contributed by atoms with E-state index >= 15 is 0 Å². The predicted octanol–water partition coefficient (Wildman–Crippen LogP) is 2.29. The van der Waals surface area contributed by atoms with E-state index < -0.39 is 0 Å². The molecule has 1 fully saturated rings. The van der Waals surface area contributed by atoms with Crippen molar-refractivity contribution >= 4 is 5.91 Å². The molecule has 6 nitrogen and oxygen atoms in total. The van der Waals surface area contributed by atoms with Crippen LogP contribution in [0.5, 0.6) is 0 Å². The van der Waals surface area contributed by atoms with E-state index in [-0.39, 0.29) is 24.1 Å². The Bertz CT molecular complexity index is 721. The lowest BCUT2D eigenvalue weighted by atomic mass is 10.00. The fraction of sp³-hybridized carbons (Fsp3) is 0.471. The fourth-order valence-electron chi connectivity index (χ4n) is 3.09. The maximum absolute atomic E-state index is 12.6. The van der Waals surface area contributed by atoms with E-state index in [4.69, 9.17) is 4.42 Å². The predicted molar refractivity (Wildman–Crippen MR) is 85.8 cm³/mol. The van der Waals surface area contributed by atoms with Crippen molar-refractivity contribution in [3.8, 4) is 11.5 Å². The zero-order valence-corrected chi connectivity index (χ0v) is 13.3. The second-order valence-electron chi connectivity index (χ2n) is 5.84. The molecule has 0 aliphatic carbocycles. The van der Waals surface area contributed by atoms with Gasteiger partial charge in [-0.15, -0.1) is 0 Å². The minimum atomic E-state index is -0.279. The van der Waals surface area contributed by atoms with Crippen LogP contribution >= 0.6 is 0 Å². The van der Waals surface area contributed by atoms with Crippen molar-refractivity contribution in [3.63, 3.8) is 0 Å². The number of hydrogen-bond donors (Lipinski definition) is 0. The van der Waals surface area contributed by atoms with Crippen LogP contribution in [0.4, 0.5) is 0 Å². The summed E-state index contributed by atoms with van der Waals surface area (Å²) in [6.07, 6.45) is 5.72. The largest absolute Gasteiger partial charge is 0.463 e. The number of nitrogens with zero attached hydrogens (tertiary/aromatic N) is 3. The Morgan fingerprint density at radius 2 is 2.22 bits per heavy atom. The number of furan rings is 1. The molecule has 1 saturated heterocycles. The average molecular weight is 315 g/mol. The lowest BCUT2D eigenvalue weighted by molar-refractivity contribution is -0.135. The summed E-state index contributed by atoms with van der Waals surface area (Å²) in [7, 11) is 0. The van der Waals surface area contributed by atoms with Crippen LogP contribution in [0.1, 0.15) is 32.6 Å². The first kappa shape index (κ1) is 15.5. The van der Waals surface area contributed by atoms with Crippen LogP contribution < -0.4 is 5.56 Å². The molecule has 0 radical (unpaired) electrons. The number of likely N-dealkylation sites (tertiary alicyclic amines) is 1. The molecular weight excluding hydrogens is 294 g/mol. The summed E-state index contributed by atoms with van der Waals surface area (Å²) in [6.45, 7) is 2.84. The maximum Gasteiger partial charge on any atom is 0.267 e. The van der Waals surface area contributed by atoms with Gasteiger partial charge in [-0.05, 0) is 43.9 Å². The topological polar surface area (TPSA) is 68.3 Å². The number of piperidine rings is 1. The van der Waals surface area contributed by atoms with Gasteiger partial charge in [0.1, 0.15) is 12.2 Å². The highest BCUT2D eigenvalue weighted by molar-refractivity contribution is 5.76. The quantitative estimate of drug-likeness (QED) is 0.868. The van der Waals surface area contributed by atoms with Gasteiger partial charge in [-0.1, -0.05) is 6.92 Å². The van der Waals surface area contributed by atoms with Crippen molar-refractivity contribution in [1.82, 2.24) is 14.7 Å². The van der Waals surface area contributed by atoms with Gasteiger partial charge in [0.2, 0.25) is 5.91 Å². The van der Waals surface area contributed by atoms with Crippen LogP contribution in [-0.2, 0) is 11.3 Å². The molecule has 0 aromatic carbocycles. The van der Waals surface area contributed by atoms with Gasteiger partial charge in [0, 0.05) is 18.7 Å². The smallest absolute Gasteiger partial charge is 0.267 e. The van der Waals surface area contributed by atoms with Crippen molar-refractivity contribution in [3.05, 3.63) is 40.9 Å². The third kappa shape index (κ3) is 3.36. The van der Waals surface area contributed by atoms with Crippen LogP contribution in [-0.4, -0.2) is 33.2 Å². The average Bonchev–Trinajstić information content (AvgIpc) is 3.11. The Hall–Kier alpha value is -2.37. The third-order valence-electron chi connectivity index (χ3n) is 4.34. The molecule has 6 heteroatoms. The minimum absolute atomic E-state index is 0.0239. The SMILES string of the molecule is CCC1CCCCN1C(=O)Cn1nc(-c2ccco2)ccc1=O. The number of carbonyl (C=O) groups excluding carboxylic acids is 1. The van der Waals surface area contributed by atoms with E-state index in [1.807, 2.05) is 4.90 Å². The van der Waals surface area contributed by atoms with Crippen molar-refractivity contribution in [2.24, 2.45) is 0 Å². The first-order valence-electron chi connectivity index (χ1n) is 8.10. The van der Waals surface area contributed by atoms with Gasteiger partial charge in [0.15, 0.2) is 5.76 Å². The van der Waals surface area contributed by atoms with E-state index in [9.17, 15) is 9.59 Å². The minimum Gasteiger partial charge on any atom is -0.463 e. The van der Waals surface area contributed by atoms with Crippen LogP contribution in [0.3, 0.4) is 0 Å². The maximum atomic E-state index is 12.6. The Balaban J connectivity index is 1.80. The summed E-state index contributed by atoms with van der Waals surface area (Å²) in [5.41, 5.74) is 0.270. The molecule has 0 spiro atoms. The molecule has 122 valence electrons. The van der Waals surface area contributed by atoms with Crippen LogP contribution in [0.25, 0.3) is 11.5 Å². The first-order chi connectivity index (χ1) is 11.2. The molecule has 0 N–H and O–H groups in total. The Labute approximate surface area is 134 Å². The summed E-state index contributed by atoms with van der Waals surface area (Å²) in [5, 5.41) is 4.26. The zero-order valence-electron chi connectivity index (χ0n) is 13.3. The normalized spacial score (nSPS) is 18.1. The van der Waals surface area contributed by atoms with Crippen molar-refractivity contribution < 1.29 is 9.21 Å². The molecule has 1 amide bonds. The van der Waals surface area contributed by atoms with Gasteiger partial charge in [0.05, 0.1) is 6.26 Å². The van der Waals surface area contributed by atoms with Crippen molar-refractivity contribution in [2.45, 2.75) is 45.2 Å². The van der Waals surface area contributed by atoms with Gasteiger partial charge >= 0.3 is 0 Å². The molecule has 0 saturated carbocycles. The molecule has 1 aliphatic heterocycles. The summed E-state index contributed by atoms with van der Waals surface area (Å²) < 4.78 is 6.52. The first-order valence-corrected chi connectivity index (χ1v) is 8.10. The molecule has 1 aliphatic rings. The molecule has 3 rings (SSSR count). The van der Waals surface area contributed by atoms with E-state index in [0.717, 1.165) is 32.2 Å². The summed E-state index contributed by atoms with van der Waals surface area (Å²) in [5.74, 6) is 0.540. The number of carbonyl (C=O) groups is 1. The summed E-state index contributed by atoms with van der Waals surface area (Å²) in [4.78, 5) is 26.5. The Morgan fingerprint density at radius 3 is 2.96 bits per heavy atom. The van der Waals surface area contributed by atoms with Crippen LogP contribution in [0, 0.1) is 0 Å².